The lowest BCUT2D eigenvalue weighted by molar-refractivity contribution is -0.186. The van der Waals surface area contributed by atoms with Crippen LogP contribution in [0.1, 0.15) is 79.1 Å². The first-order valence-electron chi connectivity index (χ1n) is 15.4. The summed E-state index contributed by atoms with van der Waals surface area (Å²) in [6.07, 6.45) is 6.90. The second-order valence-electron chi connectivity index (χ2n) is 14.4. The van der Waals surface area contributed by atoms with Crippen molar-refractivity contribution in [3.8, 4) is 0 Å². The molecule has 7 fully saturated rings. The molecule has 0 spiro atoms. The Labute approximate surface area is 230 Å². The van der Waals surface area contributed by atoms with E-state index in [4.69, 9.17) is 18.9 Å². The van der Waals surface area contributed by atoms with Crippen LogP contribution in [0.4, 0.5) is 0 Å². The molecule has 0 amide bonds. The van der Waals surface area contributed by atoms with Crippen molar-refractivity contribution in [1.82, 2.24) is 0 Å². The van der Waals surface area contributed by atoms with Crippen LogP contribution in [0.3, 0.4) is 0 Å². The average Bonchev–Trinajstić information content (AvgIpc) is 3.74. The molecule has 6 aliphatic carbocycles. The number of hydrogen-bond acceptors (Lipinski definition) is 8. The third kappa shape index (κ3) is 3.54. The lowest BCUT2D eigenvalue weighted by atomic mass is 9.65. The zero-order valence-electron chi connectivity index (χ0n) is 23.6. The van der Waals surface area contributed by atoms with E-state index in [1.54, 1.807) is 13.8 Å². The lowest BCUT2D eigenvalue weighted by Gasteiger charge is -2.46. The van der Waals surface area contributed by atoms with Gasteiger partial charge in [-0.1, -0.05) is 13.8 Å². The van der Waals surface area contributed by atoms with Crippen molar-refractivity contribution in [2.45, 2.75) is 96.9 Å². The smallest absolute Gasteiger partial charge is 0.344 e. The number of carbonyl (C=O) groups is 4. The van der Waals surface area contributed by atoms with Crippen LogP contribution in [0, 0.1) is 64.6 Å². The standard InChI is InChI=1S/C31H42O8/c1-5-30(3,4)29(35)36-13-20(32)37-25-18-11-17-23(27(33)38-26(17)25)24(18)28(34)39-31(6-2)12-16-10-19(31)22-15-8-7-14(9-15)21(16)22/h14-19,21-26H,5-13H2,1-4H3/t14-,15-,16?,17?,18?,19?,21?,22?,23?,24?,25?,26?,31?/m0/s1. The van der Waals surface area contributed by atoms with Gasteiger partial charge in [0.1, 0.15) is 17.8 Å². The number of esters is 4. The van der Waals surface area contributed by atoms with Crippen molar-refractivity contribution in [2.24, 2.45) is 64.6 Å². The fourth-order valence-corrected chi connectivity index (χ4v) is 10.7. The van der Waals surface area contributed by atoms with Gasteiger partial charge in [-0.05, 0) is 94.8 Å². The van der Waals surface area contributed by atoms with Crippen molar-refractivity contribution in [3.63, 3.8) is 0 Å². The van der Waals surface area contributed by atoms with E-state index in [9.17, 15) is 19.2 Å². The Hall–Kier alpha value is -2.12. The lowest BCUT2D eigenvalue weighted by Crippen LogP contribution is -2.50. The van der Waals surface area contributed by atoms with Crippen LogP contribution in [-0.2, 0) is 38.1 Å². The summed E-state index contributed by atoms with van der Waals surface area (Å²) in [4.78, 5) is 51.9. The molecule has 0 radical (unpaired) electrons. The molecule has 1 saturated heterocycles. The van der Waals surface area contributed by atoms with Gasteiger partial charge in [-0.2, -0.15) is 0 Å². The topological polar surface area (TPSA) is 105 Å². The van der Waals surface area contributed by atoms with E-state index in [0.29, 0.717) is 30.6 Å². The molecule has 0 aromatic carbocycles. The molecule has 6 saturated carbocycles. The molecule has 7 aliphatic rings. The van der Waals surface area contributed by atoms with Crippen molar-refractivity contribution >= 4 is 23.9 Å². The monoisotopic (exact) mass is 542 g/mol. The highest BCUT2D eigenvalue weighted by Gasteiger charge is 2.72. The van der Waals surface area contributed by atoms with E-state index in [-0.39, 0.29) is 23.8 Å². The molecule has 8 heteroatoms. The van der Waals surface area contributed by atoms with Gasteiger partial charge in [0.25, 0.3) is 0 Å². The van der Waals surface area contributed by atoms with Crippen molar-refractivity contribution in [3.05, 3.63) is 0 Å². The SMILES string of the molecule is CCC(C)(C)C(=O)OCC(=O)OC1C2CC3C1OC(=O)C3C2C(=O)OC1(CC)CC2CC1C1C2[C@H]2CC[C@H]1C2. The molecular weight excluding hydrogens is 500 g/mol. The van der Waals surface area contributed by atoms with Gasteiger partial charge in [0.15, 0.2) is 6.61 Å². The number of rotatable bonds is 8. The molecule has 214 valence electrons. The highest BCUT2D eigenvalue weighted by Crippen LogP contribution is 2.71. The van der Waals surface area contributed by atoms with Crippen LogP contribution in [0.25, 0.3) is 0 Å². The maximum Gasteiger partial charge on any atom is 0.344 e. The third-order valence-corrected chi connectivity index (χ3v) is 12.6. The third-order valence-electron chi connectivity index (χ3n) is 12.6. The molecule has 1 aliphatic heterocycles. The van der Waals surface area contributed by atoms with Crippen LogP contribution in [0.2, 0.25) is 0 Å². The summed E-state index contributed by atoms with van der Waals surface area (Å²) in [5.41, 5.74) is -1.13. The first-order valence-corrected chi connectivity index (χ1v) is 15.4. The van der Waals surface area contributed by atoms with E-state index in [2.05, 4.69) is 6.92 Å². The van der Waals surface area contributed by atoms with E-state index in [0.717, 1.165) is 30.6 Å². The molecule has 13 atom stereocenters. The Kier molecular flexibility index (Phi) is 5.75. The summed E-state index contributed by atoms with van der Waals surface area (Å²) in [7, 11) is 0. The largest absolute Gasteiger partial charge is 0.459 e. The van der Waals surface area contributed by atoms with Crippen molar-refractivity contribution < 1.29 is 38.1 Å². The summed E-state index contributed by atoms with van der Waals surface area (Å²) in [6, 6.07) is 0. The molecule has 0 aromatic rings. The van der Waals surface area contributed by atoms with Crippen LogP contribution >= 0.6 is 0 Å². The van der Waals surface area contributed by atoms with Gasteiger partial charge in [-0.3, -0.25) is 14.4 Å². The molecule has 39 heavy (non-hydrogen) atoms. The van der Waals surface area contributed by atoms with Gasteiger partial charge in [-0.25, -0.2) is 4.79 Å². The normalized spacial score (nSPS) is 47.8. The predicted molar refractivity (Wildman–Crippen MR) is 137 cm³/mol. The van der Waals surface area contributed by atoms with E-state index in [1.165, 1.54) is 25.7 Å². The minimum atomic E-state index is -0.715. The molecule has 0 N–H and O–H groups in total. The maximum absolute atomic E-state index is 14.0. The van der Waals surface area contributed by atoms with Gasteiger partial charge in [0.2, 0.25) is 0 Å². The molecule has 7 rings (SSSR count). The zero-order valence-corrected chi connectivity index (χ0v) is 23.6. The van der Waals surface area contributed by atoms with Gasteiger partial charge in [0, 0.05) is 17.8 Å². The first-order chi connectivity index (χ1) is 18.6. The predicted octanol–water partition coefficient (Wildman–Crippen LogP) is 4.08. The van der Waals surface area contributed by atoms with Crippen LogP contribution in [0.5, 0.6) is 0 Å². The molecule has 8 nitrogen and oxygen atoms in total. The van der Waals surface area contributed by atoms with Crippen LogP contribution in [0.15, 0.2) is 0 Å². The van der Waals surface area contributed by atoms with E-state index < -0.39 is 53.6 Å². The van der Waals surface area contributed by atoms with Crippen LogP contribution in [-0.4, -0.2) is 48.3 Å². The van der Waals surface area contributed by atoms with E-state index in [1.807, 2.05) is 6.92 Å². The van der Waals surface area contributed by atoms with Gasteiger partial charge < -0.3 is 18.9 Å². The summed E-state index contributed by atoms with van der Waals surface area (Å²) in [6.45, 7) is 7.06. The second-order valence-corrected chi connectivity index (χ2v) is 14.4. The van der Waals surface area contributed by atoms with Crippen LogP contribution < -0.4 is 0 Å². The van der Waals surface area contributed by atoms with E-state index >= 15 is 0 Å². The Morgan fingerprint density at radius 3 is 2.46 bits per heavy atom. The first kappa shape index (κ1) is 25.8. The molecule has 11 unspecified atom stereocenters. The van der Waals surface area contributed by atoms with Gasteiger partial charge in [0.05, 0.1) is 17.3 Å². The Morgan fingerprint density at radius 2 is 1.74 bits per heavy atom. The summed E-state index contributed by atoms with van der Waals surface area (Å²) >= 11 is 0. The molecule has 0 aromatic heterocycles. The van der Waals surface area contributed by atoms with Gasteiger partial charge >= 0.3 is 23.9 Å². The molecular formula is C31H42O8. The highest BCUT2D eigenvalue weighted by atomic mass is 16.6. The minimum Gasteiger partial charge on any atom is -0.459 e. The summed E-state index contributed by atoms with van der Waals surface area (Å²) < 4.78 is 23.2. The Bertz CT molecular complexity index is 1100. The number of fused-ring (bicyclic) bond motifs is 10. The Balaban J connectivity index is 1.05. The summed E-state index contributed by atoms with van der Waals surface area (Å²) in [5, 5.41) is 0. The summed E-state index contributed by atoms with van der Waals surface area (Å²) in [5.74, 6) is 0.771. The number of hydrogen-bond donors (Lipinski definition) is 0. The highest BCUT2D eigenvalue weighted by molar-refractivity contribution is 5.86. The molecule has 6 bridgehead atoms. The van der Waals surface area contributed by atoms with Gasteiger partial charge in [-0.15, -0.1) is 0 Å². The molecule has 1 heterocycles. The van der Waals surface area contributed by atoms with Crippen molar-refractivity contribution in [2.75, 3.05) is 6.61 Å². The zero-order chi connectivity index (χ0) is 27.4. The minimum absolute atomic E-state index is 0.146. The fraction of sp³-hybridized carbons (Fsp3) is 0.871. The Morgan fingerprint density at radius 1 is 1.00 bits per heavy atom. The number of ether oxygens (including phenoxy) is 4. The fourth-order valence-electron chi connectivity index (χ4n) is 10.7. The quantitative estimate of drug-likeness (QED) is 0.257. The van der Waals surface area contributed by atoms with Crippen molar-refractivity contribution in [1.29, 1.82) is 0 Å². The maximum atomic E-state index is 14.0. The number of carbonyl (C=O) groups excluding carboxylic acids is 4. The average molecular weight is 543 g/mol. The second kappa shape index (κ2) is 8.69.